The van der Waals surface area contributed by atoms with Gasteiger partial charge in [-0.3, -0.25) is 0 Å². The summed E-state index contributed by atoms with van der Waals surface area (Å²) in [6, 6.07) is 7.73. The molecule has 1 atom stereocenters. The number of carbonyl (C=O) groups excluding carboxylic acids is 1. The van der Waals surface area contributed by atoms with E-state index >= 15 is 0 Å². The monoisotopic (exact) mass is 302 g/mol. The average molecular weight is 302 g/mol. The molecular formula is C18H22O4. The summed E-state index contributed by atoms with van der Waals surface area (Å²) in [5.74, 6) is 0.596. The molecule has 118 valence electrons. The third-order valence-corrected chi connectivity index (χ3v) is 3.56. The summed E-state index contributed by atoms with van der Waals surface area (Å²) in [5.41, 5.74) is 1.85. The van der Waals surface area contributed by atoms with E-state index < -0.39 is 0 Å². The fraction of sp³-hybridized carbons (Fsp3) is 0.389. The summed E-state index contributed by atoms with van der Waals surface area (Å²) >= 11 is 0. The maximum atomic E-state index is 11.7. The number of rotatable bonds is 9. The molecule has 0 aliphatic heterocycles. The van der Waals surface area contributed by atoms with Crippen LogP contribution in [0.4, 0.5) is 0 Å². The Morgan fingerprint density at radius 2 is 2.09 bits per heavy atom. The molecule has 4 nitrogen and oxygen atoms in total. The number of esters is 1. The molecule has 0 radical (unpaired) electrons. The topological polar surface area (TPSA) is 44.8 Å². The van der Waals surface area contributed by atoms with Crippen molar-refractivity contribution >= 4 is 5.97 Å². The number of methoxy groups -OCH3 is 1. The first-order chi connectivity index (χ1) is 10.7. The third kappa shape index (κ3) is 4.74. The van der Waals surface area contributed by atoms with E-state index in [2.05, 4.69) is 6.58 Å². The van der Waals surface area contributed by atoms with Crippen molar-refractivity contribution < 1.29 is 19.0 Å². The van der Waals surface area contributed by atoms with E-state index in [1.807, 2.05) is 30.3 Å². The van der Waals surface area contributed by atoms with Crippen LogP contribution in [-0.4, -0.2) is 25.8 Å². The number of allylic oxidation sites excluding steroid dienone is 1. The molecule has 0 fully saturated rings. The molecule has 0 N–H and O–H groups in total. The first kappa shape index (κ1) is 16.3. The minimum Gasteiger partial charge on any atom is -0.497 e. The van der Waals surface area contributed by atoms with E-state index in [1.54, 1.807) is 13.2 Å². The lowest BCUT2D eigenvalue weighted by Crippen LogP contribution is -2.21. The molecule has 2 rings (SSSR count). The highest BCUT2D eigenvalue weighted by Gasteiger charge is 2.19. The van der Waals surface area contributed by atoms with Gasteiger partial charge < -0.3 is 14.2 Å². The normalized spacial score (nSPS) is 14.5. The van der Waals surface area contributed by atoms with Crippen molar-refractivity contribution in [2.45, 2.75) is 32.0 Å². The zero-order chi connectivity index (χ0) is 15.8. The van der Waals surface area contributed by atoms with Gasteiger partial charge in [0.05, 0.1) is 20.3 Å². The molecule has 0 amide bonds. The second kappa shape index (κ2) is 8.39. The Labute approximate surface area is 131 Å². The van der Waals surface area contributed by atoms with Crippen molar-refractivity contribution in [2.24, 2.45) is 0 Å². The first-order valence-electron chi connectivity index (χ1n) is 7.46. The van der Waals surface area contributed by atoms with Crippen molar-refractivity contribution in [3.05, 3.63) is 54.1 Å². The second-order valence-corrected chi connectivity index (χ2v) is 5.14. The van der Waals surface area contributed by atoms with Gasteiger partial charge in [0.1, 0.15) is 11.9 Å². The van der Waals surface area contributed by atoms with E-state index in [9.17, 15) is 4.79 Å². The van der Waals surface area contributed by atoms with Gasteiger partial charge in [-0.1, -0.05) is 30.9 Å². The summed E-state index contributed by atoms with van der Waals surface area (Å²) in [7, 11) is 1.64. The van der Waals surface area contributed by atoms with Crippen LogP contribution in [0.2, 0.25) is 0 Å². The minimum absolute atomic E-state index is 0.230. The van der Waals surface area contributed by atoms with Gasteiger partial charge in [-0.2, -0.15) is 0 Å². The van der Waals surface area contributed by atoms with Gasteiger partial charge in [0.2, 0.25) is 0 Å². The summed E-state index contributed by atoms with van der Waals surface area (Å²) in [5, 5.41) is 0. The van der Waals surface area contributed by atoms with Crippen LogP contribution in [0.3, 0.4) is 0 Å². The molecular weight excluding hydrogens is 280 g/mol. The Bertz CT molecular complexity index is 531. The Hall–Kier alpha value is -2.07. The van der Waals surface area contributed by atoms with Crippen molar-refractivity contribution in [3.63, 3.8) is 0 Å². The fourth-order valence-corrected chi connectivity index (χ4v) is 2.02. The number of carbonyl (C=O) groups is 1. The zero-order valence-corrected chi connectivity index (χ0v) is 12.9. The van der Waals surface area contributed by atoms with Gasteiger partial charge >= 0.3 is 5.97 Å². The van der Waals surface area contributed by atoms with Crippen LogP contribution in [-0.2, 0) is 20.9 Å². The number of hydrogen-bond donors (Lipinski definition) is 0. The van der Waals surface area contributed by atoms with Gasteiger partial charge in [0.25, 0.3) is 0 Å². The molecule has 0 saturated carbocycles. The van der Waals surface area contributed by atoms with Crippen LogP contribution in [0.15, 0.2) is 48.6 Å². The Balaban J connectivity index is 1.67. The maximum absolute atomic E-state index is 11.7. The molecule has 22 heavy (non-hydrogen) atoms. The van der Waals surface area contributed by atoms with Crippen LogP contribution in [0, 0.1) is 0 Å². The highest BCUT2D eigenvalue weighted by molar-refractivity contribution is 5.90. The third-order valence-electron chi connectivity index (χ3n) is 3.56. The van der Waals surface area contributed by atoms with Gasteiger partial charge in [-0.15, -0.1) is 0 Å². The summed E-state index contributed by atoms with van der Waals surface area (Å²) < 4.78 is 16.1. The van der Waals surface area contributed by atoms with Crippen molar-refractivity contribution in [3.8, 4) is 5.75 Å². The van der Waals surface area contributed by atoms with E-state index in [-0.39, 0.29) is 12.1 Å². The van der Waals surface area contributed by atoms with E-state index in [1.165, 1.54) is 0 Å². The molecule has 1 aliphatic rings. The Morgan fingerprint density at radius 3 is 2.64 bits per heavy atom. The fourth-order valence-electron chi connectivity index (χ4n) is 2.02. The van der Waals surface area contributed by atoms with Gasteiger partial charge in [-0.25, -0.2) is 4.79 Å². The molecule has 1 aromatic carbocycles. The molecule has 0 aromatic heterocycles. The molecule has 0 bridgehead atoms. The van der Waals surface area contributed by atoms with Crippen LogP contribution >= 0.6 is 0 Å². The van der Waals surface area contributed by atoms with Crippen molar-refractivity contribution in [2.75, 3.05) is 13.7 Å². The van der Waals surface area contributed by atoms with Gasteiger partial charge in [0, 0.05) is 12.0 Å². The second-order valence-electron chi connectivity index (χ2n) is 5.14. The smallest absolute Gasteiger partial charge is 0.334 e. The highest BCUT2D eigenvalue weighted by atomic mass is 16.5. The lowest BCUT2D eigenvalue weighted by atomic mass is 9.99. The predicted octanol–water partition coefficient (Wildman–Crippen LogP) is 3.42. The van der Waals surface area contributed by atoms with E-state index in [4.69, 9.17) is 14.2 Å². The van der Waals surface area contributed by atoms with Crippen LogP contribution < -0.4 is 4.74 Å². The quantitative estimate of drug-likeness (QED) is 0.398. The molecule has 0 spiro atoms. The van der Waals surface area contributed by atoms with Crippen LogP contribution in [0.25, 0.3) is 0 Å². The number of ether oxygens (including phenoxy) is 3. The van der Waals surface area contributed by atoms with E-state index in [0.29, 0.717) is 19.6 Å². The molecule has 4 heteroatoms. The molecule has 0 saturated heterocycles. The maximum Gasteiger partial charge on any atom is 0.334 e. The van der Waals surface area contributed by atoms with Crippen molar-refractivity contribution in [1.82, 2.24) is 0 Å². The predicted molar refractivity (Wildman–Crippen MR) is 84.7 cm³/mol. The number of hydrogen-bond acceptors (Lipinski definition) is 4. The molecule has 1 unspecified atom stereocenters. The summed E-state index contributed by atoms with van der Waals surface area (Å²) in [6.07, 6.45) is 5.64. The Morgan fingerprint density at radius 1 is 1.36 bits per heavy atom. The van der Waals surface area contributed by atoms with Crippen LogP contribution in [0.1, 0.15) is 24.8 Å². The standard InChI is InChI=1S/C18H22O4/c1-3-16(22-18(19)15-5-4-6-15)11-12-21-13-14-7-9-17(20-2)10-8-14/h3,5,7-10,16H,1,4,6,11-13H2,2H3. The lowest BCUT2D eigenvalue weighted by molar-refractivity contribution is -0.143. The first-order valence-corrected chi connectivity index (χ1v) is 7.46. The molecule has 1 aromatic rings. The van der Waals surface area contributed by atoms with Crippen molar-refractivity contribution in [1.29, 1.82) is 0 Å². The van der Waals surface area contributed by atoms with Gasteiger partial charge in [-0.05, 0) is 30.5 Å². The Kier molecular flexibility index (Phi) is 6.22. The summed E-state index contributed by atoms with van der Waals surface area (Å²) in [4.78, 5) is 11.7. The highest BCUT2D eigenvalue weighted by Crippen LogP contribution is 2.20. The average Bonchev–Trinajstić information content (AvgIpc) is 2.49. The summed E-state index contributed by atoms with van der Waals surface area (Å²) in [6.45, 7) is 4.74. The SMILES string of the molecule is C=CC(CCOCc1ccc(OC)cc1)OC(=O)C1=CCC1. The van der Waals surface area contributed by atoms with E-state index in [0.717, 1.165) is 29.7 Å². The minimum atomic E-state index is -0.301. The van der Waals surface area contributed by atoms with Gasteiger partial charge in [0.15, 0.2) is 0 Å². The zero-order valence-electron chi connectivity index (χ0n) is 12.9. The largest absolute Gasteiger partial charge is 0.497 e. The molecule has 1 aliphatic carbocycles. The lowest BCUT2D eigenvalue weighted by Gasteiger charge is -2.18. The van der Waals surface area contributed by atoms with Crippen LogP contribution in [0.5, 0.6) is 5.75 Å². The molecule has 0 heterocycles. The number of benzene rings is 1.